The van der Waals surface area contributed by atoms with Gasteiger partial charge in [-0.2, -0.15) is 0 Å². The van der Waals surface area contributed by atoms with Crippen molar-refractivity contribution in [2.75, 3.05) is 18.6 Å². The largest absolute Gasteiger partial charge is 0.481 e. The zero-order valence-electron chi connectivity index (χ0n) is 14.7. The van der Waals surface area contributed by atoms with Crippen molar-refractivity contribution in [1.82, 2.24) is 6.15 Å². The number of amides is 1. The first-order chi connectivity index (χ1) is 11.8. The third-order valence-corrected chi connectivity index (χ3v) is 3.96. The number of nitrogens with zero attached hydrogens (tertiary/aromatic N) is 2. The second-order valence-electron chi connectivity index (χ2n) is 5.68. The van der Waals surface area contributed by atoms with Crippen molar-refractivity contribution in [2.45, 2.75) is 32.1 Å². The Morgan fingerprint density at radius 3 is 2.58 bits per heavy atom. The van der Waals surface area contributed by atoms with Gasteiger partial charge in [-0.15, -0.1) is 0 Å². The van der Waals surface area contributed by atoms with E-state index in [0.29, 0.717) is 24.1 Å². The van der Waals surface area contributed by atoms with Crippen LogP contribution >= 0.6 is 0 Å². The van der Waals surface area contributed by atoms with E-state index in [0.717, 1.165) is 0 Å². The zero-order valence-corrected chi connectivity index (χ0v) is 14.7. The second-order valence-corrected chi connectivity index (χ2v) is 5.68. The van der Waals surface area contributed by atoms with E-state index < -0.39 is 16.9 Å². The molecule has 2 rings (SSSR count). The first kappa shape index (κ1) is 21.0. The van der Waals surface area contributed by atoms with Crippen molar-refractivity contribution in [3.8, 4) is 0 Å². The van der Waals surface area contributed by atoms with Gasteiger partial charge in [0.15, 0.2) is 0 Å². The SMILES string of the molecule is COC(=O)Cc1cc2c(c([N+](=O)[O-])c1)N(C(=O)CCCC(=O)O)CC2.[NH4+]. The zero-order chi connectivity index (χ0) is 18.6. The summed E-state index contributed by atoms with van der Waals surface area (Å²) in [5, 5.41) is 20.1. The van der Waals surface area contributed by atoms with Crippen LogP contribution in [0.4, 0.5) is 11.4 Å². The number of anilines is 1. The minimum absolute atomic E-state index is 0. The molecule has 1 heterocycles. The maximum Gasteiger partial charge on any atom is 0.309 e. The molecular formula is C16H22N3O7+. The Balaban J connectivity index is 0.00000338. The minimum atomic E-state index is -0.993. The third-order valence-electron chi connectivity index (χ3n) is 3.96. The summed E-state index contributed by atoms with van der Waals surface area (Å²) < 4.78 is 4.58. The summed E-state index contributed by atoms with van der Waals surface area (Å²) in [6.45, 7) is 0.295. The van der Waals surface area contributed by atoms with Gasteiger partial charge in [-0.1, -0.05) is 6.07 Å². The van der Waals surface area contributed by atoms with Gasteiger partial charge in [0, 0.05) is 25.5 Å². The molecule has 0 aromatic heterocycles. The molecule has 1 amide bonds. The Labute approximate surface area is 149 Å². The topological polar surface area (TPSA) is 164 Å². The number of benzene rings is 1. The van der Waals surface area contributed by atoms with Crippen LogP contribution in [0.25, 0.3) is 0 Å². The molecule has 0 bridgehead atoms. The first-order valence-corrected chi connectivity index (χ1v) is 7.72. The molecular weight excluding hydrogens is 346 g/mol. The summed E-state index contributed by atoms with van der Waals surface area (Å²) in [7, 11) is 1.24. The van der Waals surface area contributed by atoms with Gasteiger partial charge in [0.05, 0.1) is 18.5 Å². The maximum absolute atomic E-state index is 12.3. The molecule has 0 saturated heterocycles. The van der Waals surface area contributed by atoms with Crippen LogP contribution < -0.4 is 11.1 Å². The minimum Gasteiger partial charge on any atom is -0.481 e. The van der Waals surface area contributed by atoms with E-state index in [1.54, 1.807) is 6.07 Å². The van der Waals surface area contributed by atoms with Crippen LogP contribution in [0.1, 0.15) is 30.4 Å². The molecule has 1 aromatic rings. The van der Waals surface area contributed by atoms with E-state index in [4.69, 9.17) is 5.11 Å². The van der Waals surface area contributed by atoms with Gasteiger partial charge in [0.25, 0.3) is 5.69 Å². The molecule has 1 aliphatic heterocycles. The monoisotopic (exact) mass is 368 g/mol. The highest BCUT2D eigenvalue weighted by atomic mass is 16.6. The molecule has 142 valence electrons. The molecule has 1 aromatic carbocycles. The van der Waals surface area contributed by atoms with Crippen LogP contribution in [0.3, 0.4) is 0 Å². The summed E-state index contributed by atoms with van der Waals surface area (Å²) in [6, 6.07) is 2.95. The number of carbonyl (C=O) groups excluding carboxylic acids is 2. The van der Waals surface area contributed by atoms with E-state index >= 15 is 0 Å². The lowest BCUT2D eigenvalue weighted by Crippen LogP contribution is -2.29. The highest BCUT2D eigenvalue weighted by Gasteiger charge is 2.33. The number of methoxy groups -OCH3 is 1. The molecule has 0 radical (unpaired) electrons. The molecule has 1 aliphatic rings. The number of esters is 1. The van der Waals surface area contributed by atoms with Crippen molar-refractivity contribution in [1.29, 1.82) is 0 Å². The van der Waals surface area contributed by atoms with Crippen molar-refractivity contribution in [2.24, 2.45) is 0 Å². The number of carbonyl (C=O) groups is 3. The van der Waals surface area contributed by atoms with Gasteiger partial charge in [0.2, 0.25) is 5.91 Å². The number of hydrogen-bond donors (Lipinski definition) is 2. The van der Waals surface area contributed by atoms with Crippen LogP contribution in [-0.4, -0.2) is 41.5 Å². The number of nitro groups is 1. The second kappa shape index (κ2) is 8.90. The van der Waals surface area contributed by atoms with Gasteiger partial charge < -0.3 is 20.9 Å². The number of quaternary nitrogens is 1. The fourth-order valence-corrected chi connectivity index (χ4v) is 2.84. The third kappa shape index (κ3) is 4.76. The Hall–Kier alpha value is -3.01. The summed E-state index contributed by atoms with van der Waals surface area (Å²) in [5.41, 5.74) is 1.08. The van der Waals surface area contributed by atoms with E-state index in [9.17, 15) is 24.5 Å². The molecule has 0 aliphatic carbocycles. The molecule has 5 N–H and O–H groups in total. The Bertz CT molecular complexity index is 733. The number of ether oxygens (including phenoxy) is 1. The molecule has 0 saturated carbocycles. The maximum atomic E-state index is 12.3. The van der Waals surface area contributed by atoms with E-state index in [-0.39, 0.29) is 49.1 Å². The van der Waals surface area contributed by atoms with Crippen LogP contribution in [-0.2, 0) is 32.0 Å². The number of fused-ring (bicyclic) bond motifs is 1. The fourth-order valence-electron chi connectivity index (χ4n) is 2.84. The van der Waals surface area contributed by atoms with E-state index in [2.05, 4.69) is 4.74 Å². The van der Waals surface area contributed by atoms with Crippen molar-refractivity contribution in [3.63, 3.8) is 0 Å². The molecule has 26 heavy (non-hydrogen) atoms. The molecule has 0 fully saturated rings. The average molecular weight is 368 g/mol. The van der Waals surface area contributed by atoms with E-state index in [1.165, 1.54) is 18.1 Å². The lowest BCUT2D eigenvalue weighted by molar-refractivity contribution is -0.384. The summed E-state index contributed by atoms with van der Waals surface area (Å²) >= 11 is 0. The van der Waals surface area contributed by atoms with Gasteiger partial charge in [-0.05, 0) is 24.0 Å². The standard InChI is InChI=1S/C16H18N2O7.H3N/c1-25-15(22)9-10-7-11-5-6-17(13(19)3-2-4-14(20)21)16(11)12(8-10)18(23)24;/h7-8H,2-6,9H2,1H3,(H,20,21);1H3/p+1. The molecule has 0 atom stereocenters. The average Bonchev–Trinajstić information content (AvgIpc) is 2.97. The molecule has 10 nitrogen and oxygen atoms in total. The highest BCUT2D eigenvalue weighted by molar-refractivity contribution is 5.98. The number of carboxylic acids is 1. The summed E-state index contributed by atoms with van der Waals surface area (Å²) in [6.07, 6.45) is 0.403. The number of aliphatic carboxylic acids is 1. The van der Waals surface area contributed by atoms with E-state index in [1.807, 2.05) is 0 Å². The Morgan fingerprint density at radius 1 is 1.31 bits per heavy atom. The normalized spacial score (nSPS) is 12.1. The van der Waals surface area contributed by atoms with Gasteiger partial charge >= 0.3 is 11.9 Å². The lowest BCUT2D eigenvalue weighted by atomic mass is 10.0. The summed E-state index contributed by atoms with van der Waals surface area (Å²) in [4.78, 5) is 46.4. The number of hydrogen-bond acceptors (Lipinski definition) is 6. The molecule has 0 spiro atoms. The quantitative estimate of drug-likeness (QED) is 0.421. The Kier molecular flexibility index (Phi) is 7.20. The fraction of sp³-hybridized carbons (Fsp3) is 0.438. The van der Waals surface area contributed by atoms with Gasteiger partial charge in [-0.3, -0.25) is 24.5 Å². The lowest BCUT2D eigenvalue weighted by Gasteiger charge is -2.17. The van der Waals surface area contributed by atoms with Crippen molar-refractivity contribution in [3.05, 3.63) is 33.4 Å². The van der Waals surface area contributed by atoms with Crippen LogP contribution in [0.15, 0.2) is 12.1 Å². The number of rotatable bonds is 7. The summed E-state index contributed by atoms with van der Waals surface area (Å²) in [5.74, 6) is -1.84. The highest BCUT2D eigenvalue weighted by Crippen LogP contribution is 2.38. The van der Waals surface area contributed by atoms with Gasteiger partial charge in [-0.25, -0.2) is 0 Å². The van der Waals surface area contributed by atoms with Crippen LogP contribution in [0, 0.1) is 10.1 Å². The number of nitro benzene ring substituents is 1. The molecule has 0 unspecified atom stereocenters. The van der Waals surface area contributed by atoms with Crippen molar-refractivity contribution >= 4 is 29.2 Å². The first-order valence-electron chi connectivity index (χ1n) is 7.72. The van der Waals surface area contributed by atoms with Crippen LogP contribution in [0.2, 0.25) is 0 Å². The van der Waals surface area contributed by atoms with Gasteiger partial charge in [0.1, 0.15) is 5.69 Å². The van der Waals surface area contributed by atoms with Crippen LogP contribution in [0.5, 0.6) is 0 Å². The number of carboxylic acid groups (broad SMARTS) is 1. The smallest absolute Gasteiger partial charge is 0.309 e. The predicted octanol–water partition coefficient (Wildman–Crippen LogP) is 1.83. The predicted molar refractivity (Wildman–Crippen MR) is 92.3 cm³/mol. The van der Waals surface area contributed by atoms with Crippen molar-refractivity contribution < 1.29 is 29.2 Å². The Morgan fingerprint density at radius 2 is 2.00 bits per heavy atom. The molecule has 10 heteroatoms.